The Labute approximate surface area is 75.7 Å². The van der Waals surface area contributed by atoms with Crippen molar-refractivity contribution in [3.63, 3.8) is 0 Å². The van der Waals surface area contributed by atoms with Gasteiger partial charge >= 0.3 is 0 Å². The lowest BCUT2D eigenvalue weighted by molar-refractivity contribution is 0.197. The molecule has 3 fully saturated rings. The molecule has 2 unspecified atom stereocenters. The summed E-state index contributed by atoms with van der Waals surface area (Å²) in [6.07, 6.45) is 12.7. The first-order valence-electron chi connectivity index (χ1n) is 5.90. The average molecular weight is 164 g/mol. The van der Waals surface area contributed by atoms with Crippen LogP contribution in [0.5, 0.6) is 0 Å². The van der Waals surface area contributed by atoms with Gasteiger partial charge in [0.15, 0.2) is 0 Å². The maximum atomic E-state index is 1.60. The summed E-state index contributed by atoms with van der Waals surface area (Å²) >= 11 is 0. The van der Waals surface area contributed by atoms with Crippen molar-refractivity contribution in [1.29, 1.82) is 0 Å². The Kier molecular flexibility index (Phi) is 1.70. The van der Waals surface area contributed by atoms with Gasteiger partial charge in [0.05, 0.1) is 0 Å². The lowest BCUT2D eigenvalue weighted by Gasteiger charge is -2.32. The van der Waals surface area contributed by atoms with Crippen LogP contribution < -0.4 is 0 Å². The topological polar surface area (TPSA) is 0 Å². The highest BCUT2D eigenvalue weighted by atomic mass is 14.4. The van der Waals surface area contributed by atoms with Crippen LogP contribution in [0, 0.1) is 23.7 Å². The van der Waals surface area contributed by atoms with Crippen LogP contribution in [-0.2, 0) is 0 Å². The SMILES string of the molecule is C1CC2CC3CCC1CC(C2)C3. The second kappa shape index (κ2) is 2.75. The monoisotopic (exact) mass is 164 g/mol. The molecule has 3 aliphatic rings. The average Bonchev–Trinajstić information content (AvgIpc) is 2.28. The van der Waals surface area contributed by atoms with E-state index in [1.807, 2.05) is 0 Å². The van der Waals surface area contributed by atoms with Gasteiger partial charge in [0, 0.05) is 0 Å². The first-order valence-corrected chi connectivity index (χ1v) is 5.90. The number of rotatable bonds is 0. The van der Waals surface area contributed by atoms with Crippen molar-refractivity contribution in [1.82, 2.24) is 0 Å². The Morgan fingerprint density at radius 1 is 0.417 bits per heavy atom. The largest absolute Gasteiger partial charge is 0.0502 e. The van der Waals surface area contributed by atoms with Gasteiger partial charge in [-0.3, -0.25) is 0 Å². The minimum absolute atomic E-state index is 1.14. The van der Waals surface area contributed by atoms with Crippen molar-refractivity contribution in [3.05, 3.63) is 0 Å². The van der Waals surface area contributed by atoms with Crippen molar-refractivity contribution < 1.29 is 0 Å². The first kappa shape index (κ1) is 7.41. The third-order valence-corrected chi connectivity index (χ3v) is 4.63. The minimum Gasteiger partial charge on any atom is -0.0502 e. The minimum atomic E-state index is 1.14. The summed E-state index contributed by atoms with van der Waals surface area (Å²) in [4.78, 5) is 0. The summed E-state index contributed by atoms with van der Waals surface area (Å²) in [5, 5.41) is 0. The fraction of sp³-hybridized carbons (Fsp3) is 1.00. The zero-order valence-electron chi connectivity index (χ0n) is 7.97. The zero-order valence-corrected chi connectivity index (χ0v) is 7.97. The van der Waals surface area contributed by atoms with Crippen molar-refractivity contribution >= 4 is 0 Å². The van der Waals surface area contributed by atoms with Gasteiger partial charge in [0.1, 0.15) is 0 Å². The van der Waals surface area contributed by atoms with E-state index in [2.05, 4.69) is 0 Å². The molecule has 0 aromatic heterocycles. The molecule has 12 heavy (non-hydrogen) atoms. The second-order valence-electron chi connectivity index (χ2n) is 5.56. The molecule has 0 aromatic rings. The molecule has 0 heterocycles. The van der Waals surface area contributed by atoms with E-state index in [9.17, 15) is 0 Å². The summed E-state index contributed by atoms with van der Waals surface area (Å²) < 4.78 is 0. The van der Waals surface area contributed by atoms with Crippen molar-refractivity contribution in [3.8, 4) is 0 Å². The van der Waals surface area contributed by atoms with E-state index in [-0.39, 0.29) is 0 Å². The summed E-state index contributed by atoms with van der Waals surface area (Å²) in [5.74, 6) is 4.60. The van der Waals surface area contributed by atoms with E-state index < -0.39 is 0 Å². The Morgan fingerprint density at radius 3 is 1.50 bits per heavy atom. The quantitative estimate of drug-likeness (QED) is 0.513. The maximum Gasteiger partial charge on any atom is -0.0406 e. The highest BCUT2D eigenvalue weighted by molar-refractivity contribution is 4.87. The van der Waals surface area contributed by atoms with E-state index in [4.69, 9.17) is 0 Å². The lowest BCUT2D eigenvalue weighted by atomic mass is 9.74. The van der Waals surface area contributed by atoms with Gasteiger partial charge < -0.3 is 0 Å². The van der Waals surface area contributed by atoms with Gasteiger partial charge in [-0.1, -0.05) is 25.7 Å². The van der Waals surface area contributed by atoms with Gasteiger partial charge in [-0.15, -0.1) is 0 Å². The molecule has 3 saturated carbocycles. The molecule has 2 atom stereocenters. The van der Waals surface area contributed by atoms with E-state index in [1.165, 1.54) is 0 Å². The van der Waals surface area contributed by atoms with Gasteiger partial charge in [-0.25, -0.2) is 0 Å². The molecule has 68 valence electrons. The second-order valence-corrected chi connectivity index (χ2v) is 5.56. The Bertz CT molecular complexity index is 149. The van der Waals surface area contributed by atoms with Gasteiger partial charge in [0.25, 0.3) is 0 Å². The lowest BCUT2D eigenvalue weighted by Crippen LogP contribution is -2.20. The summed E-state index contributed by atoms with van der Waals surface area (Å²) in [6.45, 7) is 0. The smallest absolute Gasteiger partial charge is 0.0406 e. The molecule has 0 nitrogen and oxygen atoms in total. The van der Waals surface area contributed by atoms with Crippen LogP contribution in [0.2, 0.25) is 0 Å². The molecule has 0 amide bonds. The number of hydrogen-bond acceptors (Lipinski definition) is 0. The van der Waals surface area contributed by atoms with Crippen LogP contribution in [0.1, 0.15) is 51.4 Å². The fourth-order valence-corrected chi connectivity index (χ4v) is 4.16. The van der Waals surface area contributed by atoms with Crippen LogP contribution in [0.25, 0.3) is 0 Å². The first-order chi connectivity index (χ1) is 5.90. The molecule has 3 rings (SSSR count). The predicted octanol–water partition coefficient (Wildman–Crippen LogP) is 3.61. The van der Waals surface area contributed by atoms with Gasteiger partial charge in [-0.2, -0.15) is 0 Å². The Balaban J connectivity index is 1.87. The van der Waals surface area contributed by atoms with Gasteiger partial charge in [0.2, 0.25) is 0 Å². The highest BCUT2D eigenvalue weighted by Crippen LogP contribution is 2.48. The zero-order chi connectivity index (χ0) is 7.97. The molecule has 0 radical (unpaired) electrons. The van der Waals surface area contributed by atoms with E-state index >= 15 is 0 Å². The fourth-order valence-electron chi connectivity index (χ4n) is 4.16. The standard InChI is InChI=1S/C12H20/c1-3-10-6-11-4-2-9(1)5-12(7-10)8-11/h9-12H,1-8H2. The Hall–Kier alpha value is 0. The van der Waals surface area contributed by atoms with E-state index in [0.29, 0.717) is 0 Å². The summed E-state index contributed by atoms with van der Waals surface area (Å²) in [6, 6.07) is 0. The summed E-state index contributed by atoms with van der Waals surface area (Å²) in [7, 11) is 0. The third-order valence-electron chi connectivity index (χ3n) is 4.63. The van der Waals surface area contributed by atoms with Gasteiger partial charge in [-0.05, 0) is 49.4 Å². The molecule has 0 N–H and O–H groups in total. The van der Waals surface area contributed by atoms with Crippen LogP contribution in [-0.4, -0.2) is 0 Å². The van der Waals surface area contributed by atoms with Crippen LogP contribution in [0.15, 0.2) is 0 Å². The van der Waals surface area contributed by atoms with Crippen LogP contribution in [0.3, 0.4) is 0 Å². The van der Waals surface area contributed by atoms with Crippen molar-refractivity contribution in [2.75, 3.05) is 0 Å². The highest BCUT2D eigenvalue weighted by Gasteiger charge is 2.36. The molecular formula is C12H20. The molecule has 0 aliphatic heterocycles. The number of fused-ring (bicyclic) bond motifs is 3. The molecule has 3 aliphatic carbocycles. The van der Waals surface area contributed by atoms with E-state index in [1.54, 1.807) is 51.4 Å². The van der Waals surface area contributed by atoms with Crippen molar-refractivity contribution in [2.24, 2.45) is 23.7 Å². The number of hydrogen-bond donors (Lipinski definition) is 0. The van der Waals surface area contributed by atoms with Crippen LogP contribution >= 0.6 is 0 Å². The Morgan fingerprint density at radius 2 is 0.833 bits per heavy atom. The normalized spacial score (nSPS) is 52.0. The maximum absolute atomic E-state index is 1.60. The third kappa shape index (κ3) is 1.20. The molecule has 0 saturated heterocycles. The molecule has 0 aromatic carbocycles. The molecule has 0 spiro atoms. The predicted molar refractivity (Wildman–Crippen MR) is 50.9 cm³/mol. The molecule has 4 bridgehead atoms. The van der Waals surface area contributed by atoms with Crippen molar-refractivity contribution in [2.45, 2.75) is 51.4 Å². The summed E-state index contributed by atoms with van der Waals surface area (Å²) in [5.41, 5.74) is 0. The van der Waals surface area contributed by atoms with E-state index in [0.717, 1.165) is 23.7 Å². The van der Waals surface area contributed by atoms with Crippen LogP contribution in [0.4, 0.5) is 0 Å². The molecule has 0 heteroatoms. The molecular weight excluding hydrogens is 144 g/mol.